The van der Waals surface area contributed by atoms with Crippen LogP contribution in [0.4, 0.5) is 24.5 Å². The van der Waals surface area contributed by atoms with E-state index in [1.807, 2.05) is 6.92 Å². The van der Waals surface area contributed by atoms with Crippen molar-refractivity contribution in [2.75, 3.05) is 10.6 Å². The van der Waals surface area contributed by atoms with Crippen molar-refractivity contribution >= 4 is 23.2 Å². The van der Waals surface area contributed by atoms with Gasteiger partial charge in [0.25, 0.3) is 5.91 Å². The molecule has 3 rings (SSSR count). The molecule has 1 saturated carbocycles. The van der Waals surface area contributed by atoms with Gasteiger partial charge in [-0.3, -0.25) is 9.59 Å². The first-order valence-corrected chi connectivity index (χ1v) is 7.62. The first-order valence-electron chi connectivity index (χ1n) is 7.62. The van der Waals surface area contributed by atoms with Gasteiger partial charge in [-0.2, -0.15) is 13.2 Å². The van der Waals surface area contributed by atoms with Gasteiger partial charge in [0.2, 0.25) is 5.91 Å². The van der Waals surface area contributed by atoms with Crippen molar-refractivity contribution in [3.63, 3.8) is 0 Å². The van der Waals surface area contributed by atoms with Crippen LogP contribution in [-0.2, 0) is 11.0 Å². The Kier molecular flexibility index (Phi) is 4.28. The second kappa shape index (κ2) is 6.27. The van der Waals surface area contributed by atoms with Crippen LogP contribution in [0, 0.1) is 11.8 Å². The molecule has 0 unspecified atom stereocenters. The summed E-state index contributed by atoms with van der Waals surface area (Å²) in [7, 11) is 0. The molecule has 1 fully saturated rings. The smallest absolute Gasteiger partial charge is 0.418 e. The number of carbonyl (C=O) groups is 2. The fourth-order valence-electron chi connectivity index (χ4n) is 2.48. The molecule has 1 aliphatic rings. The molecule has 0 saturated heterocycles. The third-order valence-corrected chi connectivity index (χ3v) is 4.03. The number of nitrogens with one attached hydrogen (secondary N) is 2. The number of alkyl halides is 3. The first kappa shape index (κ1) is 17.1. The van der Waals surface area contributed by atoms with E-state index in [2.05, 4.69) is 10.6 Å². The van der Waals surface area contributed by atoms with Crippen LogP contribution in [0.2, 0.25) is 0 Å². The lowest BCUT2D eigenvalue weighted by Crippen LogP contribution is -2.19. The summed E-state index contributed by atoms with van der Waals surface area (Å²) < 4.78 is 44.8. The monoisotopic (exact) mass is 352 g/mol. The van der Waals surface area contributed by atoms with Gasteiger partial charge in [0, 0.05) is 11.6 Å². The van der Waals surface area contributed by atoms with Gasteiger partial charge in [-0.1, -0.05) is 6.92 Å². The van der Waals surface area contributed by atoms with Crippen molar-refractivity contribution in [2.24, 2.45) is 11.8 Å². The quantitative estimate of drug-likeness (QED) is 0.868. The molecule has 8 heteroatoms. The highest BCUT2D eigenvalue weighted by atomic mass is 19.4. The van der Waals surface area contributed by atoms with Crippen LogP contribution in [0.1, 0.15) is 29.5 Å². The number of hydrogen-bond acceptors (Lipinski definition) is 3. The van der Waals surface area contributed by atoms with Crippen LogP contribution in [0.5, 0.6) is 0 Å². The predicted octanol–water partition coefficient (Wildman–Crippen LogP) is 4.15. The molecule has 0 spiro atoms. The summed E-state index contributed by atoms with van der Waals surface area (Å²) in [5.74, 6) is -1.18. The van der Waals surface area contributed by atoms with Crippen LogP contribution in [-0.4, -0.2) is 11.8 Å². The third kappa shape index (κ3) is 3.84. The predicted molar refractivity (Wildman–Crippen MR) is 84.0 cm³/mol. The van der Waals surface area contributed by atoms with Gasteiger partial charge in [0.15, 0.2) is 5.76 Å². The lowest BCUT2D eigenvalue weighted by molar-refractivity contribution is -0.136. The Morgan fingerprint density at radius 3 is 2.48 bits per heavy atom. The summed E-state index contributed by atoms with van der Waals surface area (Å²) in [4.78, 5) is 23.8. The number of halogens is 3. The molecule has 5 nitrogen and oxygen atoms in total. The topological polar surface area (TPSA) is 71.3 Å². The van der Waals surface area contributed by atoms with E-state index in [4.69, 9.17) is 4.42 Å². The number of benzene rings is 1. The van der Waals surface area contributed by atoms with Gasteiger partial charge in [0.05, 0.1) is 17.5 Å². The van der Waals surface area contributed by atoms with Gasteiger partial charge in [0.1, 0.15) is 0 Å². The molecule has 1 aromatic heterocycles. The Morgan fingerprint density at radius 1 is 1.20 bits per heavy atom. The average molecular weight is 352 g/mol. The minimum Gasteiger partial charge on any atom is -0.459 e. The van der Waals surface area contributed by atoms with Gasteiger partial charge >= 0.3 is 6.18 Å². The summed E-state index contributed by atoms with van der Waals surface area (Å²) >= 11 is 0. The lowest BCUT2D eigenvalue weighted by Gasteiger charge is -2.15. The van der Waals surface area contributed by atoms with Crippen molar-refractivity contribution in [2.45, 2.75) is 19.5 Å². The van der Waals surface area contributed by atoms with E-state index in [-0.39, 0.29) is 29.0 Å². The normalized spacial score (nSPS) is 19.4. The Morgan fingerprint density at radius 2 is 1.92 bits per heavy atom. The van der Waals surface area contributed by atoms with Crippen LogP contribution in [0.15, 0.2) is 41.0 Å². The second-order valence-electron chi connectivity index (χ2n) is 6.00. The second-order valence-corrected chi connectivity index (χ2v) is 6.00. The van der Waals surface area contributed by atoms with Crippen molar-refractivity contribution in [3.05, 3.63) is 47.9 Å². The Bertz CT molecular complexity index is 800. The van der Waals surface area contributed by atoms with E-state index in [1.54, 1.807) is 0 Å². The molecule has 2 aromatic rings. The maximum absolute atomic E-state index is 13.3. The van der Waals surface area contributed by atoms with Crippen LogP contribution in [0.3, 0.4) is 0 Å². The summed E-state index contributed by atoms with van der Waals surface area (Å²) in [6, 6.07) is 6.10. The molecule has 0 aliphatic heterocycles. The molecule has 1 aliphatic carbocycles. The maximum atomic E-state index is 13.3. The molecule has 25 heavy (non-hydrogen) atoms. The number of furan rings is 1. The average Bonchev–Trinajstić information content (AvgIpc) is 3.04. The van der Waals surface area contributed by atoms with E-state index in [1.165, 1.54) is 24.5 Å². The molecule has 0 bridgehead atoms. The standard InChI is InChI=1S/C17H15F3N2O3/c1-9-7-11(9)15(23)22-13-5-4-10(8-12(13)17(18,19)20)21-16(24)14-3-2-6-25-14/h2-6,8-9,11H,7H2,1H3,(H,21,24)(H,22,23)/t9-,11+/m0/s1. The van der Waals surface area contributed by atoms with E-state index in [0.29, 0.717) is 6.42 Å². The summed E-state index contributed by atoms with van der Waals surface area (Å²) in [6.45, 7) is 1.86. The summed E-state index contributed by atoms with van der Waals surface area (Å²) in [6.07, 6.45) is -2.72. The van der Waals surface area contributed by atoms with Crippen molar-refractivity contribution in [1.82, 2.24) is 0 Å². The number of anilines is 2. The molecule has 1 aromatic carbocycles. The number of rotatable bonds is 4. The largest absolute Gasteiger partial charge is 0.459 e. The molecule has 2 N–H and O–H groups in total. The Hall–Kier alpha value is -2.77. The van der Waals surface area contributed by atoms with Gasteiger partial charge in [-0.15, -0.1) is 0 Å². The minimum atomic E-state index is -4.68. The fourth-order valence-corrected chi connectivity index (χ4v) is 2.48. The SMILES string of the molecule is C[C@H]1C[C@H]1C(=O)Nc1ccc(NC(=O)c2ccco2)cc1C(F)(F)F. The summed E-state index contributed by atoms with van der Waals surface area (Å²) in [5, 5.41) is 4.66. The van der Waals surface area contributed by atoms with Crippen LogP contribution >= 0.6 is 0 Å². The van der Waals surface area contributed by atoms with Gasteiger partial charge in [-0.25, -0.2) is 0 Å². The van der Waals surface area contributed by atoms with Crippen LogP contribution < -0.4 is 10.6 Å². The highest BCUT2D eigenvalue weighted by Gasteiger charge is 2.40. The molecule has 2 atom stereocenters. The molecule has 2 amide bonds. The number of hydrogen-bond donors (Lipinski definition) is 2. The number of carbonyl (C=O) groups excluding carboxylic acids is 2. The van der Waals surface area contributed by atoms with Crippen molar-refractivity contribution < 1.29 is 27.2 Å². The van der Waals surface area contributed by atoms with Gasteiger partial charge in [-0.05, 0) is 42.7 Å². The van der Waals surface area contributed by atoms with E-state index in [9.17, 15) is 22.8 Å². The maximum Gasteiger partial charge on any atom is 0.418 e. The zero-order valence-electron chi connectivity index (χ0n) is 13.2. The highest BCUT2D eigenvalue weighted by molar-refractivity contribution is 6.02. The molecule has 0 radical (unpaired) electrons. The minimum absolute atomic E-state index is 0.0198. The van der Waals surface area contributed by atoms with E-state index in [0.717, 1.165) is 12.1 Å². The van der Waals surface area contributed by atoms with Crippen molar-refractivity contribution in [1.29, 1.82) is 0 Å². The zero-order valence-corrected chi connectivity index (χ0v) is 13.2. The third-order valence-electron chi connectivity index (χ3n) is 4.03. The molecular formula is C17H15F3N2O3. The van der Waals surface area contributed by atoms with E-state index >= 15 is 0 Å². The van der Waals surface area contributed by atoms with Crippen LogP contribution in [0.25, 0.3) is 0 Å². The van der Waals surface area contributed by atoms with Crippen molar-refractivity contribution in [3.8, 4) is 0 Å². The summed E-state index contributed by atoms with van der Waals surface area (Å²) in [5.41, 5.74) is -1.40. The zero-order chi connectivity index (χ0) is 18.2. The molecule has 1 heterocycles. The first-order chi connectivity index (χ1) is 11.8. The fraction of sp³-hybridized carbons (Fsp3) is 0.294. The highest BCUT2D eigenvalue weighted by Crippen LogP contribution is 2.41. The van der Waals surface area contributed by atoms with E-state index < -0.39 is 23.6 Å². The lowest BCUT2D eigenvalue weighted by atomic mass is 10.1. The van der Waals surface area contributed by atoms with Gasteiger partial charge < -0.3 is 15.1 Å². The molecule has 132 valence electrons. The Balaban J connectivity index is 1.82. The molecular weight excluding hydrogens is 337 g/mol. The number of amides is 2. The Labute approximate surface area is 141 Å².